The van der Waals surface area contributed by atoms with Crippen molar-refractivity contribution in [3.05, 3.63) is 96.3 Å². The van der Waals surface area contributed by atoms with Crippen LogP contribution in [0.3, 0.4) is 0 Å². The summed E-state index contributed by atoms with van der Waals surface area (Å²) in [7, 11) is 3.87. The van der Waals surface area contributed by atoms with E-state index in [1.807, 2.05) is 98.7 Å². The predicted molar refractivity (Wildman–Crippen MR) is 132 cm³/mol. The number of nitrogens with zero attached hydrogens (tertiary/aromatic N) is 3. The highest BCUT2D eigenvalue weighted by molar-refractivity contribution is 6.06. The van der Waals surface area contributed by atoms with Gasteiger partial charge in [-0.05, 0) is 55.5 Å². The van der Waals surface area contributed by atoms with Crippen molar-refractivity contribution in [2.75, 3.05) is 29.6 Å². The molecule has 0 radical (unpaired) electrons. The Morgan fingerprint density at radius 2 is 1.52 bits per heavy atom. The fraction of sp³-hybridized carbons (Fsp3) is 0.115. The monoisotopic (exact) mass is 439 g/mol. The second kappa shape index (κ2) is 9.82. The highest BCUT2D eigenvalue weighted by Gasteiger charge is 2.13. The molecule has 0 atom stereocenters. The molecule has 0 aliphatic heterocycles. The Morgan fingerprint density at radius 1 is 0.848 bits per heavy atom. The van der Waals surface area contributed by atoms with E-state index in [9.17, 15) is 4.79 Å². The number of carbonyl (C=O) groups is 1. The molecule has 33 heavy (non-hydrogen) atoms. The quantitative estimate of drug-likeness (QED) is 0.388. The van der Waals surface area contributed by atoms with Crippen molar-refractivity contribution in [2.45, 2.75) is 6.92 Å². The van der Waals surface area contributed by atoms with E-state index in [0.717, 1.165) is 11.5 Å². The van der Waals surface area contributed by atoms with E-state index in [1.165, 1.54) is 0 Å². The summed E-state index contributed by atoms with van der Waals surface area (Å²) in [4.78, 5) is 23.7. The molecule has 0 spiro atoms. The smallest absolute Gasteiger partial charge is 0.259 e. The largest absolute Gasteiger partial charge is 0.457 e. The average Bonchev–Trinajstić information content (AvgIpc) is 2.81. The fourth-order valence-corrected chi connectivity index (χ4v) is 3.19. The normalized spacial score (nSPS) is 10.4. The molecule has 0 aliphatic carbocycles. The predicted octanol–water partition coefficient (Wildman–Crippen LogP) is 5.64. The lowest BCUT2D eigenvalue weighted by molar-refractivity contribution is 0.102. The summed E-state index contributed by atoms with van der Waals surface area (Å²) in [5, 5.41) is 6.21. The van der Waals surface area contributed by atoms with Gasteiger partial charge in [-0.15, -0.1) is 0 Å². The van der Waals surface area contributed by atoms with Crippen LogP contribution in [0.2, 0.25) is 0 Å². The lowest BCUT2D eigenvalue weighted by atomic mass is 10.1. The molecule has 1 heterocycles. The van der Waals surface area contributed by atoms with Crippen LogP contribution < -0.4 is 20.3 Å². The lowest BCUT2D eigenvalue weighted by Gasteiger charge is -2.14. The van der Waals surface area contributed by atoms with Crippen LogP contribution in [-0.4, -0.2) is 30.0 Å². The number of nitrogens with one attached hydrogen (secondary N) is 2. The van der Waals surface area contributed by atoms with Crippen LogP contribution >= 0.6 is 0 Å². The molecule has 3 aromatic carbocycles. The molecule has 0 fully saturated rings. The fourth-order valence-electron chi connectivity index (χ4n) is 3.19. The third kappa shape index (κ3) is 5.65. The zero-order valence-electron chi connectivity index (χ0n) is 18.7. The summed E-state index contributed by atoms with van der Waals surface area (Å²) >= 11 is 0. The molecule has 0 aliphatic rings. The minimum absolute atomic E-state index is 0.246. The van der Waals surface area contributed by atoms with Crippen molar-refractivity contribution in [1.82, 2.24) is 9.97 Å². The summed E-state index contributed by atoms with van der Waals surface area (Å²) < 4.78 is 5.90. The first-order chi connectivity index (χ1) is 16.0. The summed E-state index contributed by atoms with van der Waals surface area (Å²) in [6, 6.07) is 25.9. The standard InChI is InChI=1S/C26H25N5O2/c1-18-27-24(17-25(28-18)31(2)3)29-19-13-15-20(16-14-19)30-26(32)22-11-7-8-12-23(22)33-21-9-5-4-6-10-21/h4-17H,1-3H3,(H,30,32)(H,27,28,29). The van der Waals surface area contributed by atoms with Gasteiger partial charge in [-0.3, -0.25) is 4.79 Å². The van der Waals surface area contributed by atoms with Crippen molar-refractivity contribution < 1.29 is 9.53 Å². The highest BCUT2D eigenvalue weighted by atomic mass is 16.5. The Balaban J connectivity index is 1.45. The van der Waals surface area contributed by atoms with Crippen LogP contribution in [0.15, 0.2) is 84.9 Å². The van der Waals surface area contributed by atoms with Gasteiger partial charge in [-0.1, -0.05) is 30.3 Å². The first kappa shape index (κ1) is 21.8. The van der Waals surface area contributed by atoms with Crippen molar-refractivity contribution in [3.63, 3.8) is 0 Å². The number of amides is 1. The Bertz CT molecular complexity index is 1240. The zero-order valence-corrected chi connectivity index (χ0v) is 18.7. The SMILES string of the molecule is Cc1nc(Nc2ccc(NC(=O)c3ccccc3Oc3ccccc3)cc2)cc(N(C)C)n1. The Morgan fingerprint density at radius 3 is 2.24 bits per heavy atom. The Labute approximate surface area is 193 Å². The number of aryl methyl sites for hydroxylation is 1. The zero-order chi connectivity index (χ0) is 23.2. The molecule has 7 nitrogen and oxygen atoms in total. The van der Waals surface area contributed by atoms with Crippen molar-refractivity contribution in [3.8, 4) is 11.5 Å². The molecule has 1 aromatic heterocycles. The van der Waals surface area contributed by atoms with Crippen molar-refractivity contribution >= 4 is 28.9 Å². The maximum absolute atomic E-state index is 12.9. The van der Waals surface area contributed by atoms with Gasteiger partial charge in [-0.2, -0.15) is 0 Å². The van der Waals surface area contributed by atoms with Crippen LogP contribution in [0.25, 0.3) is 0 Å². The number of hydrogen-bond acceptors (Lipinski definition) is 6. The number of benzene rings is 3. The Kier molecular flexibility index (Phi) is 6.50. The third-order valence-corrected chi connectivity index (χ3v) is 4.80. The van der Waals surface area contributed by atoms with Crippen molar-refractivity contribution in [2.24, 2.45) is 0 Å². The van der Waals surface area contributed by atoms with E-state index in [2.05, 4.69) is 20.6 Å². The minimum atomic E-state index is -0.246. The van der Waals surface area contributed by atoms with Gasteiger partial charge in [0, 0.05) is 31.5 Å². The molecule has 0 saturated carbocycles. The maximum atomic E-state index is 12.9. The van der Waals surface area contributed by atoms with Crippen LogP contribution in [0.5, 0.6) is 11.5 Å². The van der Waals surface area contributed by atoms with Gasteiger partial charge >= 0.3 is 0 Å². The molecule has 2 N–H and O–H groups in total. The van der Waals surface area contributed by atoms with Crippen LogP contribution in [0.4, 0.5) is 23.0 Å². The summed E-state index contributed by atoms with van der Waals surface area (Å²) in [5.41, 5.74) is 1.98. The molecule has 0 bridgehead atoms. The van der Waals surface area contributed by atoms with E-state index >= 15 is 0 Å². The van der Waals surface area contributed by atoms with E-state index < -0.39 is 0 Å². The molecular weight excluding hydrogens is 414 g/mol. The van der Waals surface area contributed by atoms with Gasteiger partial charge in [-0.25, -0.2) is 9.97 Å². The molecule has 166 valence electrons. The van der Waals surface area contributed by atoms with E-state index in [1.54, 1.807) is 12.1 Å². The summed E-state index contributed by atoms with van der Waals surface area (Å²) in [6.45, 7) is 1.86. The number of aromatic nitrogens is 2. The number of carbonyl (C=O) groups excluding carboxylic acids is 1. The maximum Gasteiger partial charge on any atom is 0.259 e. The summed E-state index contributed by atoms with van der Waals surface area (Å²) in [5.74, 6) is 3.13. The van der Waals surface area contributed by atoms with E-state index in [4.69, 9.17) is 4.74 Å². The van der Waals surface area contributed by atoms with Gasteiger partial charge in [0.1, 0.15) is 29.0 Å². The first-order valence-corrected chi connectivity index (χ1v) is 10.5. The van der Waals surface area contributed by atoms with Gasteiger partial charge in [0.05, 0.1) is 5.56 Å². The number of rotatable bonds is 7. The number of anilines is 4. The molecule has 4 aromatic rings. The lowest BCUT2D eigenvalue weighted by Crippen LogP contribution is -2.13. The van der Waals surface area contributed by atoms with Crippen LogP contribution in [0, 0.1) is 6.92 Å². The van der Waals surface area contributed by atoms with Gasteiger partial charge in [0.2, 0.25) is 0 Å². The molecule has 4 rings (SSSR count). The second-order valence-electron chi connectivity index (χ2n) is 7.62. The molecule has 1 amide bonds. The molecular formula is C26H25N5O2. The molecule has 7 heteroatoms. The topological polar surface area (TPSA) is 79.4 Å². The van der Waals surface area contributed by atoms with Gasteiger partial charge < -0.3 is 20.3 Å². The highest BCUT2D eigenvalue weighted by Crippen LogP contribution is 2.26. The minimum Gasteiger partial charge on any atom is -0.457 e. The van der Waals surface area contributed by atoms with Crippen LogP contribution in [0.1, 0.15) is 16.2 Å². The second-order valence-corrected chi connectivity index (χ2v) is 7.62. The Hall–Kier alpha value is -4.39. The van der Waals surface area contributed by atoms with Gasteiger partial charge in [0.15, 0.2) is 0 Å². The number of para-hydroxylation sites is 2. The average molecular weight is 440 g/mol. The number of ether oxygens (including phenoxy) is 1. The number of hydrogen-bond donors (Lipinski definition) is 2. The first-order valence-electron chi connectivity index (χ1n) is 10.5. The summed E-state index contributed by atoms with van der Waals surface area (Å²) in [6.07, 6.45) is 0. The molecule has 0 unspecified atom stereocenters. The van der Waals surface area contributed by atoms with E-state index in [-0.39, 0.29) is 5.91 Å². The van der Waals surface area contributed by atoms with Gasteiger partial charge in [0.25, 0.3) is 5.91 Å². The molecule has 0 saturated heterocycles. The van der Waals surface area contributed by atoms with Crippen molar-refractivity contribution in [1.29, 1.82) is 0 Å². The van der Waals surface area contributed by atoms with Crippen LogP contribution in [-0.2, 0) is 0 Å². The third-order valence-electron chi connectivity index (χ3n) is 4.80. The van der Waals surface area contributed by atoms with E-state index in [0.29, 0.717) is 34.4 Å².